The first-order valence-corrected chi connectivity index (χ1v) is 8.04. The summed E-state index contributed by atoms with van der Waals surface area (Å²) in [6.07, 6.45) is 3.21. The Hall–Kier alpha value is -2.74. The molecule has 1 fully saturated rings. The molecule has 0 saturated carbocycles. The van der Waals surface area contributed by atoms with Crippen molar-refractivity contribution < 1.29 is 9.90 Å². The van der Waals surface area contributed by atoms with E-state index in [1.165, 1.54) is 16.8 Å². The average molecular weight is 344 g/mol. The maximum Gasteiger partial charge on any atom is 0.328 e. The molecule has 25 heavy (non-hydrogen) atoms. The normalized spacial score (nSPS) is 23.5. The number of amides is 1. The zero-order valence-corrected chi connectivity index (χ0v) is 14.1. The average Bonchev–Trinajstić information content (AvgIpc) is 2.55. The van der Waals surface area contributed by atoms with E-state index in [0.717, 1.165) is 5.56 Å². The fourth-order valence-electron chi connectivity index (χ4n) is 3.13. The van der Waals surface area contributed by atoms with Crippen LogP contribution in [0.2, 0.25) is 0 Å². The van der Waals surface area contributed by atoms with Crippen LogP contribution in [0.3, 0.4) is 0 Å². The Morgan fingerprint density at radius 2 is 2.16 bits per heavy atom. The number of aryl methyl sites for hydroxylation is 1. The minimum Gasteiger partial charge on any atom is -0.388 e. The van der Waals surface area contributed by atoms with E-state index < -0.39 is 22.9 Å². The van der Waals surface area contributed by atoms with Crippen LogP contribution in [0, 0.1) is 6.92 Å². The summed E-state index contributed by atoms with van der Waals surface area (Å²) in [5.74, 6) is -0.240. The number of hydrogen-bond acceptors (Lipinski definition) is 5. The number of H-pyrrole nitrogens is 1. The molecule has 2 aromatic heterocycles. The van der Waals surface area contributed by atoms with Crippen molar-refractivity contribution in [2.45, 2.75) is 31.9 Å². The molecule has 8 nitrogen and oxygen atoms in total. The molecule has 3 rings (SSSR count). The highest BCUT2D eigenvalue weighted by Crippen LogP contribution is 2.31. The third kappa shape index (κ3) is 3.25. The number of nitrogens with zero attached hydrogens (tertiary/aromatic N) is 3. The minimum atomic E-state index is -1.18. The summed E-state index contributed by atoms with van der Waals surface area (Å²) in [6, 6.07) is 4.12. The number of carbonyl (C=O) groups is 1. The van der Waals surface area contributed by atoms with Gasteiger partial charge in [-0.1, -0.05) is 6.07 Å². The lowest BCUT2D eigenvalue weighted by Gasteiger charge is -2.43. The van der Waals surface area contributed by atoms with E-state index in [4.69, 9.17) is 0 Å². The molecule has 1 aliphatic rings. The van der Waals surface area contributed by atoms with E-state index in [1.807, 2.05) is 13.0 Å². The predicted molar refractivity (Wildman–Crippen MR) is 90.5 cm³/mol. The van der Waals surface area contributed by atoms with Crippen LogP contribution in [0.5, 0.6) is 0 Å². The van der Waals surface area contributed by atoms with E-state index in [2.05, 4.69) is 9.97 Å². The highest BCUT2D eigenvalue weighted by atomic mass is 16.3. The van der Waals surface area contributed by atoms with Crippen LogP contribution in [0.4, 0.5) is 0 Å². The maximum atomic E-state index is 12.8. The molecular formula is C17H20N4O4. The van der Waals surface area contributed by atoms with Crippen LogP contribution >= 0.6 is 0 Å². The first-order chi connectivity index (χ1) is 11.8. The van der Waals surface area contributed by atoms with Crippen molar-refractivity contribution in [3.05, 3.63) is 62.7 Å². The van der Waals surface area contributed by atoms with Crippen molar-refractivity contribution in [1.29, 1.82) is 0 Å². The van der Waals surface area contributed by atoms with Gasteiger partial charge in [0.15, 0.2) is 0 Å². The number of aliphatic hydroxyl groups is 1. The summed E-state index contributed by atoms with van der Waals surface area (Å²) >= 11 is 0. The Morgan fingerprint density at radius 3 is 2.84 bits per heavy atom. The third-order valence-electron chi connectivity index (χ3n) is 4.69. The Bertz CT molecular complexity index is 915. The molecule has 0 aliphatic carbocycles. The van der Waals surface area contributed by atoms with Crippen LogP contribution in [0.15, 0.2) is 40.2 Å². The second-order valence-electron chi connectivity index (χ2n) is 6.56. The molecule has 0 spiro atoms. The Balaban J connectivity index is 1.94. The lowest BCUT2D eigenvalue weighted by molar-refractivity contribution is -0.0460. The minimum absolute atomic E-state index is 0.147. The topological polar surface area (TPSA) is 108 Å². The predicted octanol–water partition coefficient (Wildman–Crippen LogP) is 0.0782. The van der Waals surface area contributed by atoms with Gasteiger partial charge in [0, 0.05) is 31.5 Å². The van der Waals surface area contributed by atoms with E-state index >= 15 is 0 Å². The van der Waals surface area contributed by atoms with Gasteiger partial charge < -0.3 is 10.0 Å². The number of likely N-dealkylation sites (tertiary alicyclic amines) is 1. The molecule has 2 atom stereocenters. The van der Waals surface area contributed by atoms with E-state index in [-0.39, 0.29) is 12.5 Å². The van der Waals surface area contributed by atoms with Gasteiger partial charge in [0.05, 0.1) is 11.6 Å². The lowest BCUT2D eigenvalue weighted by Crippen LogP contribution is -2.55. The van der Waals surface area contributed by atoms with Crippen molar-refractivity contribution in [3.63, 3.8) is 0 Å². The number of nitrogens with one attached hydrogen (secondary N) is 1. The molecule has 1 aliphatic heterocycles. The molecule has 2 aromatic rings. The van der Waals surface area contributed by atoms with Gasteiger partial charge in [0.2, 0.25) is 0 Å². The van der Waals surface area contributed by atoms with Crippen molar-refractivity contribution in [2.75, 3.05) is 13.1 Å². The number of rotatable bonds is 2. The maximum absolute atomic E-state index is 12.8. The van der Waals surface area contributed by atoms with Crippen LogP contribution in [-0.2, 0) is 0 Å². The summed E-state index contributed by atoms with van der Waals surface area (Å²) in [6.45, 7) is 3.94. The second kappa shape index (κ2) is 6.29. The van der Waals surface area contributed by atoms with Gasteiger partial charge in [-0.3, -0.25) is 24.1 Å². The highest BCUT2D eigenvalue weighted by molar-refractivity contribution is 5.93. The highest BCUT2D eigenvalue weighted by Gasteiger charge is 2.41. The summed E-state index contributed by atoms with van der Waals surface area (Å²) < 4.78 is 1.27. The van der Waals surface area contributed by atoms with Crippen molar-refractivity contribution in [2.24, 2.45) is 0 Å². The molecule has 1 saturated heterocycles. The van der Waals surface area contributed by atoms with Gasteiger partial charge >= 0.3 is 5.69 Å². The Morgan fingerprint density at radius 1 is 1.40 bits per heavy atom. The summed E-state index contributed by atoms with van der Waals surface area (Å²) in [5, 5.41) is 10.7. The molecule has 1 amide bonds. The van der Waals surface area contributed by atoms with Crippen molar-refractivity contribution in [3.8, 4) is 0 Å². The fourth-order valence-corrected chi connectivity index (χ4v) is 3.13. The summed E-state index contributed by atoms with van der Waals surface area (Å²) in [4.78, 5) is 44.1. The second-order valence-corrected chi connectivity index (χ2v) is 6.56. The smallest absolute Gasteiger partial charge is 0.328 e. The molecule has 132 valence electrons. The van der Waals surface area contributed by atoms with Crippen LogP contribution < -0.4 is 11.2 Å². The third-order valence-corrected chi connectivity index (χ3v) is 4.69. The first-order valence-electron chi connectivity index (χ1n) is 8.04. The SMILES string of the molecule is Cc1cccnc1C(=O)N1CC[C@@](C)(O)[C@H](n2ccc(=O)[nH]c2=O)C1. The van der Waals surface area contributed by atoms with Crippen LogP contribution in [0.1, 0.15) is 35.4 Å². The number of piperidine rings is 1. The number of pyridine rings is 1. The van der Waals surface area contributed by atoms with Crippen LogP contribution in [-0.4, -0.2) is 49.1 Å². The summed E-state index contributed by atoms with van der Waals surface area (Å²) in [7, 11) is 0. The Labute approximate surface area is 143 Å². The summed E-state index contributed by atoms with van der Waals surface area (Å²) in [5.41, 5.74) is -1.17. The zero-order chi connectivity index (χ0) is 18.2. The molecule has 8 heteroatoms. The first kappa shape index (κ1) is 17.1. The largest absolute Gasteiger partial charge is 0.388 e. The molecular weight excluding hydrogens is 324 g/mol. The van der Waals surface area contributed by atoms with Gasteiger partial charge in [-0.15, -0.1) is 0 Å². The molecule has 0 unspecified atom stereocenters. The van der Waals surface area contributed by atoms with Gasteiger partial charge in [0.1, 0.15) is 5.69 Å². The van der Waals surface area contributed by atoms with Crippen molar-refractivity contribution in [1.82, 2.24) is 19.4 Å². The van der Waals surface area contributed by atoms with E-state index in [1.54, 1.807) is 24.1 Å². The van der Waals surface area contributed by atoms with Gasteiger partial charge in [-0.25, -0.2) is 4.79 Å². The lowest BCUT2D eigenvalue weighted by atomic mass is 9.88. The van der Waals surface area contributed by atoms with Gasteiger partial charge in [-0.2, -0.15) is 0 Å². The molecule has 0 aromatic carbocycles. The van der Waals surface area contributed by atoms with Crippen molar-refractivity contribution >= 4 is 5.91 Å². The molecule has 2 N–H and O–H groups in total. The molecule has 0 radical (unpaired) electrons. The van der Waals surface area contributed by atoms with Crippen LogP contribution in [0.25, 0.3) is 0 Å². The van der Waals surface area contributed by atoms with Gasteiger partial charge in [0.25, 0.3) is 11.5 Å². The number of aromatic amines is 1. The molecule has 0 bridgehead atoms. The van der Waals surface area contributed by atoms with E-state index in [9.17, 15) is 19.5 Å². The van der Waals surface area contributed by atoms with E-state index in [0.29, 0.717) is 18.7 Å². The monoisotopic (exact) mass is 344 g/mol. The quantitative estimate of drug-likeness (QED) is 0.802. The Kier molecular flexibility index (Phi) is 4.30. The standard InChI is InChI=1S/C17H20N4O4/c1-11-4-3-7-18-14(11)15(23)20-9-6-17(2,25)12(10-20)21-8-5-13(22)19-16(21)24/h3-5,7-8,12,25H,6,9-10H2,1-2H3,(H,19,22,24)/t12-,17-/m1/s1. The molecule has 3 heterocycles. The fraction of sp³-hybridized carbons (Fsp3) is 0.412. The number of carbonyl (C=O) groups excluding carboxylic acids is 1. The number of hydrogen-bond donors (Lipinski definition) is 2. The number of aromatic nitrogens is 3. The zero-order valence-electron chi connectivity index (χ0n) is 14.1. The van der Waals surface area contributed by atoms with Gasteiger partial charge in [-0.05, 0) is 31.9 Å².